The van der Waals surface area contributed by atoms with E-state index in [4.69, 9.17) is 86.9 Å². The number of amides is 2. The summed E-state index contributed by atoms with van der Waals surface area (Å²) in [5, 5.41) is 107. The fourth-order valence-corrected chi connectivity index (χ4v) is 12.0. The van der Waals surface area contributed by atoms with Crippen LogP contribution in [0.25, 0.3) is 83.8 Å². The molecule has 9 N–H and O–H groups in total. The summed E-state index contributed by atoms with van der Waals surface area (Å²) in [5.74, 6) is 1.86. The zero-order chi connectivity index (χ0) is 88.0. The number of carbonyl (C=O) groups excluding carboxylic acids is 2. The molecule has 2 fully saturated rings. The normalized spacial score (nSPS) is 14.8. The number of aliphatic hydroxyl groups is 4. The minimum Gasteiger partial charge on any atom is -0.478 e. The Morgan fingerprint density at radius 1 is 0.483 bits per heavy atom. The number of aliphatic hydroxyl groups excluding tert-OH is 4. The van der Waals surface area contributed by atoms with Crippen LogP contribution >= 0.6 is 12.4 Å². The van der Waals surface area contributed by atoms with Crippen molar-refractivity contribution in [1.82, 2.24) is 100 Å². The molecule has 120 heavy (non-hydrogen) atoms. The number of nitrogens with zero attached hydrogens (tertiary/aromatic N) is 18. The number of halogens is 1. The quantitative estimate of drug-likeness (QED) is 0.0238. The maximum Gasteiger partial charge on any atom is 0.337 e. The molecule has 2 aliphatic rings. The van der Waals surface area contributed by atoms with Crippen molar-refractivity contribution in [2.45, 2.75) is 130 Å². The SMILES string of the molecule is C[C@@H](N)CO.C[C@H](CO)NC(=O)c1ccc(COc2nn3c(-c4cc(CO)on4)nnc3c3ccccc23)nc1.C[C@H](CO)NC(=O)c1ccc(COc2nn3c(-c4cc(COC5CCCCO5)on4)nnc3c3ccccc23)nc1.Cl.O=C(O)c1ccc(COc2nn3c(-c4cc(COC5CCCCO5)on4)nnc3c3ccccc23)nc1.[2HH].[2H][2H].[2H][2H].[2H][2H].[Db]. The summed E-state index contributed by atoms with van der Waals surface area (Å²) in [5.41, 5.74) is 10.6. The number of pyridine rings is 3. The van der Waals surface area contributed by atoms with Crippen molar-refractivity contribution in [3.8, 4) is 52.2 Å². The van der Waals surface area contributed by atoms with Gasteiger partial charge in [0.15, 0.2) is 63.9 Å². The molecule has 5 atom stereocenters. The number of aromatic carboxylic acids is 1. The molecule has 2 unspecified atom stereocenters. The Morgan fingerprint density at radius 2 is 0.825 bits per heavy atom. The first-order valence-electron chi connectivity index (χ1n) is 40.6. The van der Waals surface area contributed by atoms with Gasteiger partial charge in [0.2, 0.25) is 35.1 Å². The Kier molecular flexibility index (Phi) is 27.1. The van der Waals surface area contributed by atoms with Crippen molar-refractivity contribution >= 4 is 79.4 Å². The number of carboxylic acid groups (broad SMARTS) is 1. The zero-order valence-corrected chi connectivity index (χ0v) is 72.3. The van der Waals surface area contributed by atoms with Crippen LogP contribution in [0.2, 0.25) is 0 Å². The smallest absolute Gasteiger partial charge is 0.337 e. The third-order valence-corrected chi connectivity index (χ3v) is 18.2. The van der Waals surface area contributed by atoms with Gasteiger partial charge in [-0.1, -0.05) is 70.1 Å². The number of rotatable bonds is 27. The van der Waals surface area contributed by atoms with Gasteiger partial charge in [-0.2, -0.15) is 13.5 Å². The summed E-state index contributed by atoms with van der Waals surface area (Å²) in [6.07, 6.45) is 9.70. The Hall–Kier alpha value is -14.1. The molecule has 14 heterocycles. The molecule has 0 saturated carbocycles. The second-order valence-corrected chi connectivity index (χ2v) is 27.3. The van der Waals surface area contributed by atoms with Crippen LogP contribution in [-0.2, 0) is 58.6 Å². The Labute approximate surface area is 691 Å². The number of carboxylic acids is 1. The molecule has 41 heteroatoms. The van der Waals surface area contributed by atoms with Gasteiger partial charge < -0.3 is 88.6 Å². The maximum atomic E-state index is 12.3. The second-order valence-electron chi connectivity index (χ2n) is 27.3. The number of ether oxygens (including phenoxy) is 7. The van der Waals surface area contributed by atoms with Crippen LogP contribution in [0.15, 0.2) is 160 Å². The molecule has 2 amide bonds. The summed E-state index contributed by atoms with van der Waals surface area (Å²) < 4.78 is 91.6. The van der Waals surface area contributed by atoms with E-state index in [1.54, 1.807) is 78.3 Å². The van der Waals surface area contributed by atoms with E-state index in [0.29, 0.717) is 128 Å². The van der Waals surface area contributed by atoms with Crippen LogP contribution < -0.4 is 30.6 Å². The number of aromatic nitrogens is 18. The van der Waals surface area contributed by atoms with E-state index < -0.39 is 5.97 Å². The molecule has 0 aliphatic carbocycles. The summed E-state index contributed by atoms with van der Waals surface area (Å²) in [6, 6.07) is 36.8. The first-order valence-corrected chi connectivity index (χ1v) is 37.6. The van der Waals surface area contributed by atoms with E-state index in [1.807, 2.05) is 72.8 Å². The molecule has 12 aromatic heterocycles. The van der Waals surface area contributed by atoms with Crippen LogP contribution in [0.5, 0.6) is 17.6 Å². The fraction of sp³-hybridized carbons (Fsp3) is 0.316. The fourth-order valence-electron chi connectivity index (χ4n) is 12.0. The van der Waals surface area contributed by atoms with E-state index in [9.17, 15) is 19.5 Å². The molecule has 17 rings (SSSR count). The molecule has 0 radical (unpaired) electrons. The molecular formula is C79H90ClDbN21O18. The summed E-state index contributed by atoms with van der Waals surface area (Å²) in [6.45, 7) is 6.84. The average molecular weight is 1930 g/mol. The predicted molar refractivity (Wildman–Crippen MR) is 431 cm³/mol. The third kappa shape index (κ3) is 20.5. The van der Waals surface area contributed by atoms with E-state index in [0.717, 1.165) is 70.8 Å². The van der Waals surface area contributed by atoms with Gasteiger partial charge in [-0.15, -0.1) is 58.3 Å². The molecular weight excluding hydrogens is 1830 g/mol. The van der Waals surface area contributed by atoms with Crippen molar-refractivity contribution in [3.63, 3.8) is 0 Å². The van der Waals surface area contributed by atoms with Crippen molar-refractivity contribution in [3.05, 3.63) is 197 Å². The van der Waals surface area contributed by atoms with E-state index in [1.165, 1.54) is 29.2 Å². The van der Waals surface area contributed by atoms with Gasteiger partial charge in [-0.3, -0.25) is 24.5 Å². The molecule has 0 bridgehead atoms. The molecule has 39 nitrogen and oxygen atoms in total. The Balaban J connectivity index is 0.000000221. The zero-order valence-electron chi connectivity index (χ0n) is 71.0. The van der Waals surface area contributed by atoms with Gasteiger partial charge in [-0.05, 0) is 114 Å². The number of fused-ring (bicyclic) bond motifs is 9. The van der Waals surface area contributed by atoms with E-state index >= 15 is 0 Å². The predicted octanol–water partition coefficient (Wildman–Crippen LogP) is 8.95. The van der Waals surface area contributed by atoms with Crippen LogP contribution in [0.4, 0.5) is 0 Å². The number of hydrogen-bond donors (Lipinski definition) is 8. The van der Waals surface area contributed by atoms with Crippen molar-refractivity contribution in [2.75, 3.05) is 33.0 Å². The number of nitrogens with two attached hydrogens (primary N) is 1. The van der Waals surface area contributed by atoms with Gasteiger partial charge in [0.05, 0.1) is 53.6 Å². The second kappa shape index (κ2) is 40.2. The van der Waals surface area contributed by atoms with Gasteiger partial charge in [0.1, 0.15) is 39.6 Å². The first kappa shape index (κ1) is 81.1. The van der Waals surface area contributed by atoms with Crippen LogP contribution in [0.3, 0.4) is 0 Å². The van der Waals surface area contributed by atoms with Crippen LogP contribution in [0.1, 0.15) is 135 Å². The van der Waals surface area contributed by atoms with Gasteiger partial charge >= 0.3 is 5.97 Å². The van der Waals surface area contributed by atoms with Gasteiger partial charge in [-0.25, -0.2) is 4.79 Å². The molecule has 15 aromatic rings. The monoisotopic (exact) mass is 1930 g/mol. The number of benzene rings is 3. The largest absolute Gasteiger partial charge is 0.478 e. The molecule has 2 aliphatic heterocycles. The standard InChI is InChI=1S/C28H29N7O6.C25H22N6O6.C23H21N7O5.C3H9NO.ClH.Db.4H2/c1-17(14-36)30-27(37)18-9-10-19(29-13-18)15-40-28-22-7-3-2-6-21(22)25-31-32-26(35(25)33-28)23-12-20(41-34-23)16-39-24-8-4-5-11-38-24;32-25(33)15-8-9-16(26-12-15)13-36-24-19-6-2-1-5-18(19)22-27-28-23(31(22)29-24)20-11-17(37-30-20)14-35-21-7-3-4-10-34-21;1-13(10-31)25-22(33)14-6-7-15(24-9-14)12-34-23-18-5-3-2-4-17(18)20-26-27-21(30(20)28-23)19-8-16(11-32)35-29-19;1-3(4)2-5;;;;;;/h2-3,6-7,9-10,12-13,17,24,36H,4-5,8,11,14-16H2,1H3,(H,30,37);1-2,5-6,8-9,11-12,21H,3-4,7,10,13-14H2,(H,32,33);2-9,13,31-32H,10-12H2,1H3,(H,25,33);3,5H,2,4H2,1H3;1H;;4*1H/t17-,24?;;13-;3-;;;;;;/m1.11....../s1/i;;;;;;3*1+1D;1+1. The van der Waals surface area contributed by atoms with Crippen molar-refractivity contribution in [1.29, 1.82) is 0 Å². The molecule has 0 spiro atoms. The summed E-state index contributed by atoms with van der Waals surface area (Å²) >= 11 is 0. The van der Waals surface area contributed by atoms with Crippen LogP contribution in [-0.4, -0.2) is 197 Å². The average Bonchev–Trinajstić information content (AvgIpc) is 1.64. The number of hydrogen-bond acceptors (Lipinski definition) is 33. The van der Waals surface area contributed by atoms with Gasteiger partial charge in [0, 0.05) is 111 Å². The Morgan fingerprint density at radius 3 is 1.12 bits per heavy atom. The molecule has 628 valence electrons. The van der Waals surface area contributed by atoms with E-state index in [2.05, 4.69) is 81.8 Å². The minimum atomic E-state index is -1.04. The first-order chi connectivity index (χ1) is 60.6. The minimum absolute atomic E-state index is 0. The van der Waals surface area contributed by atoms with Crippen molar-refractivity contribution in [2.24, 2.45) is 5.73 Å². The topological polar surface area (TPSA) is 513 Å². The van der Waals surface area contributed by atoms with Crippen LogP contribution in [0, 0.1) is 0 Å². The Bertz CT molecular complexity index is 5960. The van der Waals surface area contributed by atoms with E-state index in [-0.39, 0.29) is 121 Å². The summed E-state index contributed by atoms with van der Waals surface area (Å²) in [4.78, 5) is 48.3. The molecule has 2 saturated heterocycles. The maximum absolute atomic E-state index is 12.3. The number of carbonyl (C=O) groups is 3. The number of nitrogens with one attached hydrogen (secondary N) is 2. The summed E-state index contributed by atoms with van der Waals surface area (Å²) in [7, 11) is 0. The van der Waals surface area contributed by atoms with Gasteiger partial charge in [0.25, 0.3) is 11.8 Å². The third-order valence-electron chi connectivity index (χ3n) is 18.2. The molecule has 3 aromatic carbocycles. The van der Waals surface area contributed by atoms with Crippen molar-refractivity contribution < 1.29 is 97.0 Å².